The van der Waals surface area contributed by atoms with Crippen molar-refractivity contribution in [3.05, 3.63) is 59.9 Å². The number of nitrogens with one attached hydrogen (secondary N) is 2. The first kappa shape index (κ1) is 18.4. The number of benzene rings is 1. The SMILES string of the molecule is CC(NC(=O)CNC(=O)CN)c1cccc(OCc2ccccn2)c1. The molecular formula is C18H22N4O3. The number of rotatable bonds is 8. The molecular weight excluding hydrogens is 320 g/mol. The third-order valence-electron chi connectivity index (χ3n) is 3.48. The largest absolute Gasteiger partial charge is 0.487 e. The number of aromatic nitrogens is 1. The minimum atomic E-state index is -0.368. The topological polar surface area (TPSA) is 106 Å². The predicted molar refractivity (Wildman–Crippen MR) is 93.6 cm³/mol. The van der Waals surface area contributed by atoms with E-state index in [1.165, 1.54) is 0 Å². The lowest BCUT2D eigenvalue weighted by molar-refractivity contribution is -0.125. The van der Waals surface area contributed by atoms with Crippen LogP contribution in [0.1, 0.15) is 24.2 Å². The standard InChI is InChI=1S/C18H22N4O3/c1-13(22-18(24)11-21-17(23)10-19)14-5-4-7-16(9-14)25-12-15-6-2-3-8-20-15/h2-9,13H,10-12,19H2,1H3,(H,21,23)(H,22,24). The molecule has 2 aromatic rings. The van der Waals surface area contributed by atoms with Crippen molar-refractivity contribution in [3.63, 3.8) is 0 Å². The molecule has 4 N–H and O–H groups in total. The van der Waals surface area contributed by atoms with Gasteiger partial charge in [0, 0.05) is 6.20 Å². The van der Waals surface area contributed by atoms with Gasteiger partial charge in [-0.3, -0.25) is 14.6 Å². The molecule has 0 aliphatic carbocycles. The van der Waals surface area contributed by atoms with Gasteiger partial charge < -0.3 is 21.1 Å². The first-order valence-corrected chi connectivity index (χ1v) is 7.97. The summed E-state index contributed by atoms with van der Waals surface area (Å²) in [7, 11) is 0. The number of hydrogen-bond donors (Lipinski definition) is 3. The van der Waals surface area contributed by atoms with E-state index in [1.807, 2.05) is 49.4 Å². The van der Waals surface area contributed by atoms with E-state index in [2.05, 4.69) is 15.6 Å². The van der Waals surface area contributed by atoms with E-state index >= 15 is 0 Å². The van der Waals surface area contributed by atoms with E-state index < -0.39 is 0 Å². The molecule has 25 heavy (non-hydrogen) atoms. The first-order chi connectivity index (χ1) is 12.1. The zero-order chi connectivity index (χ0) is 18.1. The van der Waals surface area contributed by atoms with E-state index in [1.54, 1.807) is 6.20 Å². The maximum atomic E-state index is 11.8. The Morgan fingerprint density at radius 1 is 1.20 bits per heavy atom. The highest BCUT2D eigenvalue weighted by atomic mass is 16.5. The Bertz CT molecular complexity index is 706. The van der Waals surface area contributed by atoms with Crippen LogP contribution in [0.5, 0.6) is 5.75 Å². The maximum Gasteiger partial charge on any atom is 0.239 e. The Morgan fingerprint density at radius 2 is 2.04 bits per heavy atom. The molecule has 2 rings (SSSR count). The van der Waals surface area contributed by atoms with Crippen LogP contribution in [0.2, 0.25) is 0 Å². The van der Waals surface area contributed by atoms with E-state index in [-0.39, 0.29) is 30.9 Å². The van der Waals surface area contributed by atoms with Crippen molar-refractivity contribution >= 4 is 11.8 Å². The van der Waals surface area contributed by atoms with E-state index in [9.17, 15) is 9.59 Å². The number of hydrogen-bond acceptors (Lipinski definition) is 5. The Hall–Kier alpha value is -2.93. The molecule has 0 saturated heterocycles. The lowest BCUT2D eigenvalue weighted by atomic mass is 10.1. The molecule has 0 saturated carbocycles. The summed E-state index contributed by atoms with van der Waals surface area (Å²) in [5.41, 5.74) is 6.91. The zero-order valence-electron chi connectivity index (χ0n) is 14.1. The number of pyridine rings is 1. The van der Waals surface area contributed by atoms with Gasteiger partial charge >= 0.3 is 0 Å². The summed E-state index contributed by atoms with van der Waals surface area (Å²) in [4.78, 5) is 27.1. The van der Waals surface area contributed by atoms with Crippen molar-refractivity contribution in [2.75, 3.05) is 13.1 Å². The smallest absolute Gasteiger partial charge is 0.239 e. The highest BCUT2D eigenvalue weighted by Gasteiger charge is 2.11. The van der Waals surface area contributed by atoms with Gasteiger partial charge in [-0.25, -0.2) is 0 Å². The van der Waals surface area contributed by atoms with Gasteiger partial charge in [0.2, 0.25) is 11.8 Å². The highest BCUT2D eigenvalue weighted by Crippen LogP contribution is 2.19. The minimum Gasteiger partial charge on any atom is -0.487 e. The minimum absolute atomic E-state index is 0.101. The van der Waals surface area contributed by atoms with Crippen molar-refractivity contribution < 1.29 is 14.3 Å². The number of amides is 2. The van der Waals surface area contributed by atoms with E-state index in [0.29, 0.717) is 12.4 Å². The molecule has 1 unspecified atom stereocenters. The molecule has 1 aromatic carbocycles. The van der Waals surface area contributed by atoms with Crippen LogP contribution in [0, 0.1) is 0 Å². The molecule has 0 bridgehead atoms. The summed E-state index contributed by atoms with van der Waals surface area (Å²) < 4.78 is 5.74. The third-order valence-corrected chi connectivity index (χ3v) is 3.48. The van der Waals surface area contributed by atoms with Crippen LogP contribution < -0.4 is 21.1 Å². The molecule has 0 radical (unpaired) electrons. The van der Waals surface area contributed by atoms with Gasteiger partial charge in [0.15, 0.2) is 0 Å². The van der Waals surface area contributed by atoms with Gasteiger partial charge in [0.25, 0.3) is 0 Å². The average Bonchev–Trinajstić information content (AvgIpc) is 2.65. The summed E-state index contributed by atoms with van der Waals surface area (Å²) >= 11 is 0. The fourth-order valence-corrected chi connectivity index (χ4v) is 2.14. The van der Waals surface area contributed by atoms with Crippen molar-refractivity contribution in [3.8, 4) is 5.75 Å². The fraction of sp³-hybridized carbons (Fsp3) is 0.278. The first-order valence-electron chi connectivity index (χ1n) is 7.97. The summed E-state index contributed by atoms with van der Waals surface area (Å²) in [6.45, 7) is 1.99. The molecule has 132 valence electrons. The molecule has 0 aliphatic heterocycles. The Morgan fingerprint density at radius 3 is 2.76 bits per heavy atom. The molecule has 1 atom stereocenters. The summed E-state index contributed by atoms with van der Waals surface area (Å²) in [6.07, 6.45) is 1.72. The predicted octanol–water partition coefficient (Wildman–Crippen LogP) is 0.913. The van der Waals surface area contributed by atoms with Gasteiger partial charge in [-0.2, -0.15) is 0 Å². The van der Waals surface area contributed by atoms with Crippen molar-refractivity contribution in [1.29, 1.82) is 0 Å². The zero-order valence-corrected chi connectivity index (χ0v) is 14.1. The van der Waals surface area contributed by atoms with Crippen LogP contribution in [0.15, 0.2) is 48.7 Å². The maximum absolute atomic E-state index is 11.8. The number of carbonyl (C=O) groups excluding carboxylic acids is 2. The lowest BCUT2D eigenvalue weighted by Crippen LogP contribution is -2.40. The van der Waals surface area contributed by atoms with Crippen LogP contribution in [-0.4, -0.2) is 29.9 Å². The third kappa shape index (κ3) is 6.23. The summed E-state index contributed by atoms with van der Waals surface area (Å²) in [5, 5.41) is 5.25. The van der Waals surface area contributed by atoms with Crippen LogP contribution in [-0.2, 0) is 16.2 Å². The van der Waals surface area contributed by atoms with Crippen LogP contribution >= 0.6 is 0 Å². The van der Waals surface area contributed by atoms with Gasteiger partial charge in [0.1, 0.15) is 12.4 Å². The lowest BCUT2D eigenvalue weighted by Gasteiger charge is -2.16. The molecule has 2 amide bonds. The van der Waals surface area contributed by atoms with E-state index in [4.69, 9.17) is 10.5 Å². The molecule has 1 heterocycles. The Kier molecular flexibility index (Phi) is 6.91. The molecule has 1 aromatic heterocycles. The molecule has 0 aliphatic rings. The normalized spacial score (nSPS) is 11.4. The van der Waals surface area contributed by atoms with Crippen molar-refractivity contribution in [2.24, 2.45) is 5.73 Å². The molecule has 0 fully saturated rings. The Labute approximate surface area is 146 Å². The fourth-order valence-electron chi connectivity index (χ4n) is 2.14. The molecule has 7 nitrogen and oxygen atoms in total. The van der Waals surface area contributed by atoms with Crippen LogP contribution in [0.4, 0.5) is 0 Å². The van der Waals surface area contributed by atoms with Gasteiger partial charge in [-0.05, 0) is 36.8 Å². The summed E-state index contributed by atoms with van der Waals surface area (Å²) in [6, 6.07) is 12.9. The highest BCUT2D eigenvalue weighted by molar-refractivity contribution is 5.85. The van der Waals surface area contributed by atoms with Crippen LogP contribution in [0.3, 0.4) is 0 Å². The van der Waals surface area contributed by atoms with Crippen molar-refractivity contribution in [1.82, 2.24) is 15.6 Å². The number of ether oxygens (including phenoxy) is 1. The molecule has 0 spiro atoms. The Balaban J connectivity index is 1.88. The number of nitrogens with two attached hydrogens (primary N) is 1. The van der Waals surface area contributed by atoms with Crippen molar-refractivity contribution in [2.45, 2.75) is 19.6 Å². The second kappa shape index (κ2) is 9.39. The number of carbonyl (C=O) groups is 2. The molecule has 7 heteroatoms. The van der Waals surface area contributed by atoms with Gasteiger partial charge in [-0.1, -0.05) is 18.2 Å². The number of nitrogens with zero attached hydrogens (tertiary/aromatic N) is 1. The van der Waals surface area contributed by atoms with Gasteiger partial charge in [0.05, 0.1) is 24.8 Å². The van der Waals surface area contributed by atoms with Crippen LogP contribution in [0.25, 0.3) is 0 Å². The van der Waals surface area contributed by atoms with E-state index in [0.717, 1.165) is 11.3 Å². The second-order valence-electron chi connectivity index (χ2n) is 5.45. The monoisotopic (exact) mass is 342 g/mol. The average molecular weight is 342 g/mol. The van der Waals surface area contributed by atoms with Gasteiger partial charge in [-0.15, -0.1) is 0 Å². The second-order valence-corrected chi connectivity index (χ2v) is 5.45. The quantitative estimate of drug-likeness (QED) is 0.661. The summed E-state index contributed by atoms with van der Waals surface area (Å²) in [5.74, 6) is 0.0440.